The molecule has 0 saturated heterocycles. The molecular formula is C13H21NO. The Morgan fingerprint density at radius 3 is 2.27 bits per heavy atom. The molecule has 0 aromatic heterocycles. The standard InChI is InChI=1S/C11H15NO.C2H6/c1-8-9-6-4-5-7-10(9)11(2,3)12(8)13;1-2/h4-8,13H,1-3H3;1-2H3. The zero-order valence-electron chi connectivity index (χ0n) is 10.3. The molecule has 1 atom stereocenters. The van der Waals surface area contributed by atoms with Crippen molar-refractivity contribution in [1.82, 2.24) is 5.06 Å². The van der Waals surface area contributed by atoms with Gasteiger partial charge in [-0.2, -0.15) is 5.06 Å². The molecule has 1 aromatic carbocycles. The molecule has 0 spiro atoms. The second-order valence-electron chi connectivity index (χ2n) is 4.17. The minimum atomic E-state index is -0.254. The van der Waals surface area contributed by atoms with Gasteiger partial charge in [0.15, 0.2) is 0 Å². The topological polar surface area (TPSA) is 23.5 Å². The Morgan fingerprint density at radius 2 is 1.73 bits per heavy atom. The van der Waals surface area contributed by atoms with Gasteiger partial charge in [0.05, 0.1) is 11.6 Å². The lowest BCUT2D eigenvalue weighted by Crippen LogP contribution is -2.33. The van der Waals surface area contributed by atoms with Gasteiger partial charge >= 0.3 is 0 Å². The summed E-state index contributed by atoms with van der Waals surface area (Å²) in [5.74, 6) is 0. The van der Waals surface area contributed by atoms with Crippen molar-refractivity contribution >= 4 is 0 Å². The molecule has 1 heterocycles. The SMILES string of the molecule is CC.CC1c2ccccc2C(C)(C)N1O. The van der Waals surface area contributed by atoms with E-state index in [1.165, 1.54) is 16.2 Å². The van der Waals surface area contributed by atoms with Gasteiger partial charge < -0.3 is 5.21 Å². The molecular weight excluding hydrogens is 186 g/mol. The predicted molar refractivity (Wildman–Crippen MR) is 62.9 cm³/mol. The van der Waals surface area contributed by atoms with Gasteiger partial charge in [-0.15, -0.1) is 0 Å². The van der Waals surface area contributed by atoms with E-state index in [1.54, 1.807) is 0 Å². The first kappa shape index (κ1) is 12.2. The van der Waals surface area contributed by atoms with Crippen LogP contribution in [-0.2, 0) is 5.54 Å². The molecule has 0 amide bonds. The van der Waals surface area contributed by atoms with Gasteiger partial charge in [0.25, 0.3) is 0 Å². The molecule has 2 rings (SSSR count). The van der Waals surface area contributed by atoms with Crippen LogP contribution in [-0.4, -0.2) is 10.3 Å². The molecule has 1 aliphatic rings. The van der Waals surface area contributed by atoms with Gasteiger partial charge in [0, 0.05) is 0 Å². The summed E-state index contributed by atoms with van der Waals surface area (Å²) in [4.78, 5) is 0. The van der Waals surface area contributed by atoms with E-state index in [9.17, 15) is 5.21 Å². The molecule has 0 bridgehead atoms. The number of rotatable bonds is 0. The van der Waals surface area contributed by atoms with E-state index in [4.69, 9.17) is 0 Å². The monoisotopic (exact) mass is 207 g/mol. The highest BCUT2D eigenvalue weighted by Crippen LogP contribution is 2.43. The molecule has 0 saturated carbocycles. The first-order valence-electron chi connectivity index (χ1n) is 5.63. The average molecular weight is 207 g/mol. The molecule has 2 heteroatoms. The normalized spacial score (nSPS) is 22.9. The summed E-state index contributed by atoms with van der Waals surface area (Å²) in [6.07, 6.45) is 0. The Bertz CT molecular complexity index is 333. The van der Waals surface area contributed by atoms with Crippen molar-refractivity contribution in [3.05, 3.63) is 35.4 Å². The molecule has 1 unspecified atom stereocenters. The van der Waals surface area contributed by atoms with Crippen LogP contribution in [0, 0.1) is 0 Å². The molecule has 1 aliphatic heterocycles. The number of benzene rings is 1. The summed E-state index contributed by atoms with van der Waals surface area (Å²) in [6, 6.07) is 8.31. The maximum Gasteiger partial charge on any atom is 0.0662 e. The molecule has 0 fully saturated rings. The lowest BCUT2D eigenvalue weighted by molar-refractivity contribution is -0.181. The van der Waals surface area contributed by atoms with Gasteiger partial charge in [0.2, 0.25) is 0 Å². The van der Waals surface area contributed by atoms with Crippen LogP contribution in [0.5, 0.6) is 0 Å². The maximum absolute atomic E-state index is 9.88. The van der Waals surface area contributed by atoms with Crippen molar-refractivity contribution in [2.45, 2.75) is 46.2 Å². The fraction of sp³-hybridized carbons (Fsp3) is 0.538. The summed E-state index contributed by atoms with van der Waals surface area (Å²) in [6.45, 7) is 10.1. The van der Waals surface area contributed by atoms with Crippen LogP contribution in [0.1, 0.15) is 51.8 Å². The Balaban J connectivity index is 0.000000531. The molecule has 1 N–H and O–H groups in total. The van der Waals surface area contributed by atoms with Crippen molar-refractivity contribution < 1.29 is 5.21 Å². The van der Waals surface area contributed by atoms with E-state index in [-0.39, 0.29) is 11.6 Å². The lowest BCUT2D eigenvalue weighted by Gasteiger charge is -2.28. The van der Waals surface area contributed by atoms with Crippen molar-refractivity contribution in [2.24, 2.45) is 0 Å². The van der Waals surface area contributed by atoms with Crippen LogP contribution in [0.4, 0.5) is 0 Å². The summed E-state index contributed by atoms with van der Waals surface area (Å²) in [5.41, 5.74) is 2.20. The van der Waals surface area contributed by atoms with Crippen molar-refractivity contribution in [2.75, 3.05) is 0 Å². The first-order chi connectivity index (χ1) is 7.05. The minimum absolute atomic E-state index is 0.103. The predicted octanol–water partition coefficient (Wildman–Crippen LogP) is 3.71. The van der Waals surface area contributed by atoms with Gasteiger partial charge in [0.1, 0.15) is 0 Å². The first-order valence-corrected chi connectivity index (χ1v) is 5.63. The van der Waals surface area contributed by atoms with Gasteiger partial charge in [-0.3, -0.25) is 0 Å². The van der Waals surface area contributed by atoms with E-state index in [0.717, 1.165) is 0 Å². The molecule has 84 valence electrons. The van der Waals surface area contributed by atoms with E-state index in [0.29, 0.717) is 0 Å². The van der Waals surface area contributed by atoms with Crippen LogP contribution in [0.25, 0.3) is 0 Å². The summed E-state index contributed by atoms with van der Waals surface area (Å²) < 4.78 is 0. The fourth-order valence-corrected chi connectivity index (χ4v) is 2.16. The van der Waals surface area contributed by atoms with Crippen LogP contribution in [0.15, 0.2) is 24.3 Å². The minimum Gasteiger partial charge on any atom is -0.313 e. The molecule has 15 heavy (non-hydrogen) atoms. The highest BCUT2D eigenvalue weighted by molar-refractivity contribution is 5.39. The maximum atomic E-state index is 9.88. The zero-order valence-corrected chi connectivity index (χ0v) is 10.3. The number of fused-ring (bicyclic) bond motifs is 1. The van der Waals surface area contributed by atoms with E-state index < -0.39 is 0 Å². The highest BCUT2D eigenvalue weighted by atomic mass is 16.5. The van der Waals surface area contributed by atoms with Gasteiger partial charge in [-0.05, 0) is 31.9 Å². The second-order valence-corrected chi connectivity index (χ2v) is 4.17. The van der Waals surface area contributed by atoms with E-state index in [2.05, 4.69) is 12.1 Å². The highest BCUT2D eigenvalue weighted by Gasteiger charge is 2.40. The van der Waals surface area contributed by atoms with Crippen LogP contribution in [0.2, 0.25) is 0 Å². The summed E-state index contributed by atoms with van der Waals surface area (Å²) >= 11 is 0. The van der Waals surface area contributed by atoms with Crippen LogP contribution >= 0.6 is 0 Å². The van der Waals surface area contributed by atoms with Crippen molar-refractivity contribution in [1.29, 1.82) is 0 Å². The largest absolute Gasteiger partial charge is 0.313 e. The Labute approximate surface area is 92.5 Å². The Hall–Kier alpha value is -0.860. The zero-order chi connectivity index (χ0) is 11.6. The Kier molecular flexibility index (Phi) is 3.53. The Morgan fingerprint density at radius 1 is 1.20 bits per heavy atom. The van der Waals surface area contributed by atoms with Crippen LogP contribution in [0.3, 0.4) is 0 Å². The lowest BCUT2D eigenvalue weighted by atomic mass is 9.94. The molecule has 2 nitrogen and oxygen atoms in total. The van der Waals surface area contributed by atoms with Crippen molar-refractivity contribution in [3.63, 3.8) is 0 Å². The quantitative estimate of drug-likeness (QED) is 0.701. The fourth-order valence-electron chi connectivity index (χ4n) is 2.16. The van der Waals surface area contributed by atoms with Crippen molar-refractivity contribution in [3.8, 4) is 0 Å². The van der Waals surface area contributed by atoms with E-state index >= 15 is 0 Å². The molecule has 0 radical (unpaired) electrons. The smallest absolute Gasteiger partial charge is 0.0662 e. The second kappa shape index (κ2) is 4.33. The van der Waals surface area contributed by atoms with Gasteiger partial charge in [-0.1, -0.05) is 38.1 Å². The number of hydrogen-bond donors (Lipinski definition) is 1. The van der Waals surface area contributed by atoms with Crippen LogP contribution < -0.4 is 0 Å². The third-order valence-corrected chi connectivity index (χ3v) is 3.01. The number of hydrogen-bond acceptors (Lipinski definition) is 2. The van der Waals surface area contributed by atoms with E-state index in [1.807, 2.05) is 46.8 Å². The number of nitrogens with zero attached hydrogens (tertiary/aromatic N) is 1. The third kappa shape index (κ3) is 1.80. The summed E-state index contributed by atoms with van der Waals surface area (Å²) in [5, 5.41) is 11.3. The molecule has 0 aliphatic carbocycles. The number of hydroxylamine groups is 2. The van der Waals surface area contributed by atoms with Gasteiger partial charge in [-0.25, -0.2) is 0 Å². The molecule has 1 aromatic rings. The summed E-state index contributed by atoms with van der Waals surface area (Å²) in [7, 11) is 0. The average Bonchev–Trinajstić information content (AvgIpc) is 2.45. The third-order valence-electron chi connectivity index (χ3n) is 3.01.